The number of sulfone groups is 2. The van der Waals surface area contributed by atoms with E-state index in [9.17, 15) is 36.0 Å². The maximum absolute atomic E-state index is 12.9. The van der Waals surface area contributed by atoms with Crippen LogP contribution in [0.25, 0.3) is 36.5 Å². The van der Waals surface area contributed by atoms with Crippen molar-refractivity contribution in [2.24, 2.45) is 5.73 Å². The molecule has 0 fully saturated rings. The summed E-state index contributed by atoms with van der Waals surface area (Å²) in [6.07, 6.45) is 12.1. The number of aryl methyl sites for hydroxylation is 6. The highest BCUT2D eigenvalue weighted by Gasteiger charge is 2.36. The Hall–Kier alpha value is -9.05. The molecule has 8 aromatic carbocycles. The molecule has 0 saturated heterocycles. The van der Waals surface area contributed by atoms with Gasteiger partial charge in [-0.05, 0) is 176 Å². The zero-order valence-corrected chi connectivity index (χ0v) is 55.5. The number of hydrogen-bond acceptors (Lipinski definition) is 14. The van der Waals surface area contributed by atoms with Crippen LogP contribution < -0.4 is 5.73 Å². The molecule has 8 aromatic rings. The number of carbonyl (C=O) groups excluding carboxylic acids is 4. The van der Waals surface area contributed by atoms with E-state index in [-0.39, 0.29) is 62.2 Å². The second-order valence-corrected chi connectivity index (χ2v) is 26.2. The van der Waals surface area contributed by atoms with E-state index in [0.29, 0.717) is 39.4 Å². The summed E-state index contributed by atoms with van der Waals surface area (Å²) in [6, 6.07) is 54.0. The molecular formula is C74H87N5O11S3. The van der Waals surface area contributed by atoms with Crippen LogP contribution in [-0.4, -0.2) is 117 Å². The summed E-state index contributed by atoms with van der Waals surface area (Å²) >= 11 is 1.65. The summed E-state index contributed by atoms with van der Waals surface area (Å²) in [4.78, 5) is 53.9. The minimum atomic E-state index is -3.68. The lowest BCUT2D eigenvalue weighted by Gasteiger charge is -2.14. The first-order valence-electron chi connectivity index (χ1n) is 29.2. The number of nitrogens with one attached hydrogen (secondary N) is 2. The molecular weight excluding hydrogens is 1230 g/mol. The standard InChI is InChI=1S/C26H23NO4S.C26H23NO2S.C18H21NO2S.C2H6O.CH4O.CH4.H2N2.H2O.H2/c1-18-7-5-8-19(2)22(18)14-13-20-9-6-10-21(17-20)32(30,31)16-15-27-25(28)23-11-3-4-12-24(23)26(27)29;1-18-7-5-8-19(2)22(18)14-13-20-9-6-10-21(17-20)30-16-15-27-25(28)23-11-3-4-12-24(23)26(27)29;1-14-5-3-6-15(2)18(14)10-9-16-7-4-8-17(13-16)22(20,21)12-11-19;1-2-3;1-2;;1-2;;/h3-14,17H,15-16H2,1-2H3;3-14,17H,15-16H2,1-2H3;3-10,13H,11-12,19H2,1-2H3;3H,2H2,1H3;2H,1H3;1H4;1-2H;1H2;1H/b2*14-13+;10-9+;;;;;;. The highest BCUT2D eigenvalue weighted by Crippen LogP contribution is 2.28. The summed E-state index contributed by atoms with van der Waals surface area (Å²) < 4.78 is 50.0. The van der Waals surface area contributed by atoms with Gasteiger partial charge in [-0.2, -0.15) is 0 Å². The second kappa shape index (κ2) is 38.1. The van der Waals surface area contributed by atoms with E-state index in [1.807, 2.05) is 80.6 Å². The SMILES string of the molecule is C.CCO.CO.Cc1cccc(C)c1/C=C/c1cccc(S(=O)(=O)CCN)c1.Cc1cccc(C)c1/C=C/c1cccc(S(=O)(=O)CCN2C(=O)c3ccccc3C2=O)c1.Cc1cccc(C)c1/C=C/c1cccc(SCCN2C(=O)c3ccccc3C2=O)c1.N=N.O.[HH]. The summed E-state index contributed by atoms with van der Waals surface area (Å²) in [6.45, 7) is 14.7. The Bertz CT molecular complexity index is 4060. The molecule has 10 rings (SSSR count). The molecule has 2 aliphatic heterocycles. The molecule has 2 aliphatic rings. The molecule has 0 bridgehead atoms. The number of nitrogens with zero attached hydrogens (tertiary/aromatic N) is 2. The number of carbonyl (C=O) groups is 4. The van der Waals surface area contributed by atoms with Gasteiger partial charge in [-0.15, -0.1) is 11.8 Å². The fourth-order valence-electron chi connectivity index (χ4n) is 9.88. The van der Waals surface area contributed by atoms with Gasteiger partial charge in [0.25, 0.3) is 23.6 Å². The van der Waals surface area contributed by atoms with Gasteiger partial charge in [0.2, 0.25) is 0 Å². The molecule has 492 valence electrons. The molecule has 0 aliphatic carbocycles. The first kappa shape index (κ1) is 78.2. The van der Waals surface area contributed by atoms with Crippen LogP contribution in [0.2, 0.25) is 0 Å². The molecule has 0 saturated carbocycles. The average molecular weight is 1320 g/mol. The predicted octanol–water partition coefficient (Wildman–Crippen LogP) is 13.9. The fourth-order valence-corrected chi connectivity index (χ4v) is 13.2. The summed E-state index contributed by atoms with van der Waals surface area (Å²) in [5.74, 6) is -0.991. The van der Waals surface area contributed by atoms with Crippen LogP contribution in [0.3, 0.4) is 0 Å². The number of aliphatic hydroxyl groups is 2. The van der Waals surface area contributed by atoms with Crippen LogP contribution in [-0.2, 0) is 19.7 Å². The van der Waals surface area contributed by atoms with Crippen LogP contribution in [0.15, 0.2) is 191 Å². The van der Waals surface area contributed by atoms with Crippen molar-refractivity contribution in [1.29, 1.82) is 11.1 Å². The third-order valence-corrected chi connectivity index (χ3v) is 19.0. The topological polar surface area (TPSA) is 289 Å². The molecule has 19 heteroatoms. The minimum Gasteiger partial charge on any atom is -0.412 e. The number of amides is 4. The highest BCUT2D eigenvalue weighted by atomic mass is 32.2. The van der Waals surface area contributed by atoms with Crippen LogP contribution in [0.4, 0.5) is 0 Å². The lowest BCUT2D eigenvalue weighted by molar-refractivity contribution is 0.0648. The van der Waals surface area contributed by atoms with Crippen molar-refractivity contribution in [3.63, 3.8) is 0 Å². The Labute approximate surface area is 554 Å². The molecule has 0 aromatic heterocycles. The first-order valence-corrected chi connectivity index (χ1v) is 33.5. The number of nitrogens with two attached hydrogens (primary N) is 1. The largest absolute Gasteiger partial charge is 0.412 e. The summed E-state index contributed by atoms with van der Waals surface area (Å²) in [5, 5.41) is 14.6. The first-order chi connectivity index (χ1) is 43.7. The van der Waals surface area contributed by atoms with E-state index >= 15 is 0 Å². The minimum absolute atomic E-state index is 0. The van der Waals surface area contributed by atoms with Gasteiger partial charge in [0.15, 0.2) is 19.7 Å². The monoisotopic (exact) mass is 1320 g/mol. The van der Waals surface area contributed by atoms with Gasteiger partial charge in [0, 0.05) is 45.4 Å². The van der Waals surface area contributed by atoms with Gasteiger partial charge >= 0.3 is 0 Å². The number of rotatable bonds is 17. The average Bonchev–Trinajstić information content (AvgIpc) is 1.63. The number of aliphatic hydroxyl groups excluding tert-OH is 2. The van der Waals surface area contributed by atoms with E-state index in [4.69, 9.17) is 27.0 Å². The molecule has 8 N–H and O–H groups in total. The lowest BCUT2D eigenvalue weighted by atomic mass is 10.0. The maximum Gasteiger partial charge on any atom is 0.261 e. The van der Waals surface area contributed by atoms with E-state index in [2.05, 4.69) is 88.4 Å². The molecule has 93 heavy (non-hydrogen) atoms. The van der Waals surface area contributed by atoms with Gasteiger partial charge < -0.3 is 21.4 Å². The quantitative estimate of drug-likeness (QED) is 0.0246. The van der Waals surface area contributed by atoms with E-state index in [1.165, 1.54) is 38.8 Å². The Morgan fingerprint density at radius 3 is 1.08 bits per heavy atom. The van der Waals surface area contributed by atoms with Crippen molar-refractivity contribution < 1.29 is 53.1 Å². The second-order valence-electron chi connectivity index (χ2n) is 20.8. The molecule has 0 unspecified atom stereocenters. The number of hydrogen-bond donors (Lipinski definition) is 5. The van der Waals surface area contributed by atoms with Crippen molar-refractivity contribution in [3.05, 3.63) is 265 Å². The smallest absolute Gasteiger partial charge is 0.261 e. The van der Waals surface area contributed by atoms with Gasteiger partial charge in [-0.1, -0.05) is 159 Å². The number of thioether (sulfide) groups is 1. The van der Waals surface area contributed by atoms with Crippen LogP contribution in [0, 0.1) is 52.6 Å². The Morgan fingerprint density at radius 2 is 0.742 bits per heavy atom. The normalized spacial score (nSPS) is 12.2. The van der Waals surface area contributed by atoms with Crippen molar-refractivity contribution >= 4 is 91.5 Å². The molecule has 2 heterocycles. The Balaban J connectivity index is 0.000000457. The van der Waals surface area contributed by atoms with Crippen molar-refractivity contribution in [3.8, 4) is 0 Å². The number of imide groups is 2. The van der Waals surface area contributed by atoms with Crippen molar-refractivity contribution in [2.45, 2.75) is 70.6 Å². The summed E-state index contributed by atoms with van der Waals surface area (Å²) in [5.41, 5.74) is 30.5. The molecule has 0 atom stereocenters. The Morgan fingerprint density at radius 1 is 0.452 bits per heavy atom. The van der Waals surface area contributed by atoms with Crippen LogP contribution in [0.5, 0.6) is 0 Å². The van der Waals surface area contributed by atoms with Gasteiger partial charge in [-0.3, -0.25) is 29.0 Å². The zero-order valence-electron chi connectivity index (χ0n) is 53.0. The number of fused-ring (bicyclic) bond motifs is 2. The molecule has 0 radical (unpaired) electrons. The molecule has 16 nitrogen and oxygen atoms in total. The third-order valence-electron chi connectivity index (χ3n) is 14.6. The van der Waals surface area contributed by atoms with Crippen LogP contribution in [0.1, 0.15) is 124 Å². The van der Waals surface area contributed by atoms with E-state index in [1.54, 1.807) is 97.5 Å². The van der Waals surface area contributed by atoms with Gasteiger partial charge in [-0.25, -0.2) is 27.9 Å². The Kier molecular flexibility index (Phi) is 32.0. The summed E-state index contributed by atoms with van der Waals surface area (Å²) in [7, 11) is -5.97. The van der Waals surface area contributed by atoms with Gasteiger partial charge in [0.05, 0.1) is 43.6 Å². The lowest BCUT2D eigenvalue weighted by Crippen LogP contribution is -2.34. The van der Waals surface area contributed by atoms with E-state index in [0.717, 1.165) is 55.8 Å². The van der Waals surface area contributed by atoms with Crippen LogP contribution >= 0.6 is 11.8 Å². The highest BCUT2D eigenvalue weighted by molar-refractivity contribution is 7.99. The third kappa shape index (κ3) is 21.2. The van der Waals surface area contributed by atoms with E-state index < -0.39 is 31.5 Å². The van der Waals surface area contributed by atoms with Crippen molar-refractivity contribution in [1.82, 2.24) is 9.80 Å². The van der Waals surface area contributed by atoms with Gasteiger partial charge in [0.1, 0.15) is 0 Å². The molecule has 4 amide bonds. The maximum atomic E-state index is 12.9. The fraction of sp³-hybridized carbons (Fsp3) is 0.216. The number of benzene rings is 8. The zero-order chi connectivity index (χ0) is 66.8. The predicted molar refractivity (Wildman–Crippen MR) is 380 cm³/mol. The molecule has 0 spiro atoms. The van der Waals surface area contributed by atoms with Crippen molar-refractivity contribution in [2.75, 3.05) is 50.6 Å².